The minimum atomic E-state index is -0.251. The summed E-state index contributed by atoms with van der Waals surface area (Å²) < 4.78 is 9.54. The van der Waals surface area contributed by atoms with Crippen LogP contribution in [-0.4, -0.2) is 9.55 Å². The SMILES string of the molecule is Cc1cc(-n2c3[c-]c(Oc4[c-]c(N5[CH-]N(c6c(-c7ccc(C(C)(C)C)cc7)cccc6-c6cccc(-c7ccccc7)c6)c6ccccc65)cc(C(C)(C)C)c4)cc(-c4ccc(C(C)(C)C)cc4)c3c3ccccc32)ncc1-c1ccccc1.[Pt]. The molecule has 13 rings (SSSR count). The van der Waals surface area contributed by atoms with E-state index < -0.39 is 0 Å². The number of hydrogen-bond donors (Lipinski definition) is 0. The topological polar surface area (TPSA) is 33.5 Å². The molecule has 2 aromatic heterocycles. The van der Waals surface area contributed by atoms with Gasteiger partial charge in [-0.1, -0.05) is 249 Å². The van der Waals surface area contributed by atoms with Gasteiger partial charge in [0, 0.05) is 78.0 Å². The van der Waals surface area contributed by atoms with Crippen molar-refractivity contribution in [1.29, 1.82) is 0 Å². The van der Waals surface area contributed by atoms with E-state index in [9.17, 15) is 0 Å². The summed E-state index contributed by atoms with van der Waals surface area (Å²) in [6.07, 6.45) is 2.00. The van der Waals surface area contributed by atoms with Crippen LogP contribution < -0.4 is 14.5 Å². The molecule has 424 valence electrons. The number of hydrogen-bond acceptors (Lipinski definition) is 4. The quantitative estimate of drug-likeness (QED) is 0.128. The van der Waals surface area contributed by atoms with Gasteiger partial charge in [-0.05, 0) is 109 Å². The van der Waals surface area contributed by atoms with Crippen molar-refractivity contribution >= 4 is 44.6 Å². The molecule has 5 nitrogen and oxygen atoms in total. The third kappa shape index (κ3) is 10.9. The third-order valence-electron chi connectivity index (χ3n) is 16.6. The standard InChI is InChI=1S/C79H69N4O.Pt/c1-52-43-74(80-50-69(52)54-25-15-12-16-26-54)83-70-32-18-17-29-67(70)75-68(56-37-41-60(42-38-56)78(5,6)7)48-64(49-73(75)83)84-63-46-61(79(8,9)10)45-62(47-63)81-51-82(72-34-20-19-33-71(72)81)76-65(55-35-39-59(40-36-55)77(2,3)4)30-22-31-66(76)58-28-21-27-57(44-58)53-23-13-11-14-24-53;/h11-46,48,50-51H,1-10H3;/q-3;. The van der Waals surface area contributed by atoms with E-state index >= 15 is 0 Å². The molecule has 0 bridgehead atoms. The van der Waals surface area contributed by atoms with Gasteiger partial charge in [0.2, 0.25) is 0 Å². The molecule has 0 atom stereocenters. The molecule has 0 fully saturated rings. The van der Waals surface area contributed by atoms with Crippen LogP contribution in [0.4, 0.5) is 22.7 Å². The van der Waals surface area contributed by atoms with Crippen LogP contribution in [-0.2, 0) is 37.3 Å². The molecule has 1 aliphatic heterocycles. The summed E-state index contributed by atoms with van der Waals surface area (Å²) in [4.78, 5) is 9.87. The minimum Gasteiger partial charge on any atom is -0.509 e. The number of ether oxygens (including phenoxy) is 1. The smallest absolute Gasteiger partial charge is 0.135 e. The number of fused-ring (bicyclic) bond motifs is 4. The second kappa shape index (κ2) is 22.3. The van der Waals surface area contributed by atoms with Gasteiger partial charge in [-0.25, -0.2) is 4.98 Å². The Morgan fingerprint density at radius 2 is 0.941 bits per heavy atom. The molecule has 6 heteroatoms. The monoisotopic (exact) mass is 1280 g/mol. The molecule has 3 heterocycles. The first-order valence-corrected chi connectivity index (χ1v) is 29.3. The van der Waals surface area contributed by atoms with Crippen LogP contribution in [0.2, 0.25) is 0 Å². The van der Waals surface area contributed by atoms with Gasteiger partial charge in [0.15, 0.2) is 0 Å². The largest absolute Gasteiger partial charge is 0.509 e. The Bertz CT molecular complexity index is 4430. The van der Waals surface area contributed by atoms with Crippen molar-refractivity contribution in [2.75, 3.05) is 9.80 Å². The Morgan fingerprint density at radius 3 is 1.58 bits per heavy atom. The van der Waals surface area contributed by atoms with Crippen molar-refractivity contribution < 1.29 is 25.8 Å². The normalized spacial score (nSPS) is 12.6. The van der Waals surface area contributed by atoms with E-state index in [1.807, 2.05) is 6.20 Å². The molecule has 12 aromatic rings. The average molecular weight is 1290 g/mol. The molecule has 85 heavy (non-hydrogen) atoms. The maximum absolute atomic E-state index is 7.29. The molecule has 0 saturated carbocycles. The van der Waals surface area contributed by atoms with E-state index in [0.29, 0.717) is 11.5 Å². The number of pyridine rings is 1. The van der Waals surface area contributed by atoms with Gasteiger partial charge in [0.05, 0.1) is 0 Å². The summed E-state index contributed by atoms with van der Waals surface area (Å²) in [5.41, 5.74) is 21.8. The van der Waals surface area contributed by atoms with E-state index in [1.165, 1.54) is 22.3 Å². The predicted molar refractivity (Wildman–Crippen MR) is 352 cm³/mol. The number of para-hydroxylation sites is 4. The summed E-state index contributed by atoms with van der Waals surface area (Å²) >= 11 is 0. The van der Waals surface area contributed by atoms with Crippen LogP contribution in [0.1, 0.15) is 84.6 Å². The van der Waals surface area contributed by atoms with Crippen LogP contribution in [0.25, 0.3) is 83.3 Å². The molecule has 0 spiro atoms. The average Bonchev–Trinajstić information content (AvgIpc) is 2.42. The Morgan fingerprint density at radius 1 is 0.424 bits per heavy atom. The van der Waals surface area contributed by atoms with Gasteiger partial charge in [0.1, 0.15) is 5.82 Å². The van der Waals surface area contributed by atoms with Gasteiger partial charge >= 0.3 is 0 Å². The van der Waals surface area contributed by atoms with Crippen molar-refractivity contribution in [1.82, 2.24) is 9.55 Å². The number of benzene rings is 10. The third-order valence-corrected chi connectivity index (χ3v) is 16.6. The maximum Gasteiger partial charge on any atom is 0.135 e. The number of nitrogens with zero attached hydrogens (tertiary/aromatic N) is 4. The van der Waals surface area contributed by atoms with E-state index in [0.717, 1.165) is 106 Å². The Kier molecular flexibility index (Phi) is 14.9. The van der Waals surface area contributed by atoms with Crippen molar-refractivity contribution in [3.05, 3.63) is 272 Å². The van der Waals surface area contributed by atoms with Gasteiger partial charge in [-0.3, -0.25) is 0 Å². The molecule has 1 aliphatic rings. The number of aryl methyl sites for hydroxylation is 1. The van der Waals surface area contributed by atoms with Crippen molar-refractivity contribution in [3.8, 4) is 73.0 Å². The Labute approximate surface area is 516 Å². The first-order valence-electron chi connectivity index (χ1n) is 29.3. The first-order chi connectivity index (χ1) is 40.4. The number of rotatable bonds is 10. The molecule has 0 saturated heterocycles. The summed E-state index contributed by atoms with van der Waals surface area (Å²) in [6, 6.07) is 88.8. The van der Waals surface area contributed by atoms with E-state index in [2.05, 4.69) is 327 Å². The zero-order valence-corrected chi connectivity index (χ0v) is 52.3. The fraction of sp³-hybridized carbons (Fsp3) is 0.165. The maximum atomic E-state index is 7.29. The van der Waals surface area contributed by atoms with Crippen LogP contribution in [0.15, 0.2) is 231 Å². The fourth-order valence-electron chi connectivity index (χ4n) is 11.9. The molecule has 10 aromatic carbocycles. The predicted octanol–water partition coefficient (Wildman–Crippen LogP) is 21.5. The minimum absolute atomic E-state index is 0. The zero-order valence-electron chi connectivity index (χ0n) is 50.0. The van der Waals surface area contributed by atoms with Gasteiger partial charge in [0.25, 0.3) is 0 Å². The number of aromatic nitrogens is 2. The fourth-order valence-corrected chi connectivity index (χ4v) is 11.9. The Balaban J connectivity index is 0.00000709. The molecule has 0 aliphatic carbocycles. The second-order valence-electron chi connectivity index (χ2n) is 25.5. The Hall–Kier alpha value is -8.76. The number of anilines is 4. The summed E-state index contributed by atoms with van der Waals surface area (Å²) in [7, 11) is 0. The zero-order chi connectivity index (χ0) is 58.1. The molecular formula is C79H69N4OPt-3. The molecule has 0 unspecified atom stereocenters. The van der Waals surface area contributed by atoms with Crippen LogP contribution in [0.5, 0.6) is 11.5 Å². The molecule has 0 amide bonds. The molecule has 0 radical (unpaired) electrons. The second-order valence-corrected chi connectivity index (χ2v) is 25.5. The summed E-state index contributed by atoms with van der Waals surface area (Å²) in [6.45, 7) is 24.8. The molecular weight excluding hydrogens is 1220 g/mol. The van der Waals surface area contributed by atoms with Crippen molar-refractivity contribution in [2.24, 2.45) is 0 Å². The summed E-state index contributed by atoms with van der Waals surface area (Å²) in [5.74, 6) is 1.98. The first kappa shape index (κ1) is 56.7. The van der Waals surface area contributed by atoms with E-state index in [1.54, 1.807) is 0 Å². The van der Waals surface area contributed by atoms with Gasteiger partial charge in [-0.15, -0.1) is 53.8 Å². The van der Waals surface area contributed by atoms with Crippen LogP contribution in [0.3, 0.4) is 0 Å². The molecule has 0 N–H and O–H groups in total. The van der Waals surface area contributed by atoms with Crippen LogP contribution in [0, 0.1) is 25.7 Å². The van der Waals surface area contributed by atoms with E-state index in [4.69, 9.17) is 9.72 Å². The van der Waals surface area contributed by atoms with E-state index in [-0.39, 0.29) is 37.3 Å². The van der Waals surface area contributed by atoms with Crippen molar-refractivity contribution in [3.63, 3.8) is 0 Å². The van der Waals surface area contributed by atoms with Crippen LogP contribution >= 0.6 is 0 Å². The van der Waals surface area contributed by atoms with Crippen molar-refractivity contribution in [2.45, 2.75) is 85.5 Å². The van der Waals surface area contributed by atoms with Gasteiger partial charge in [-0.2, -0.15) is 0 Å². The van der Waals surface area contributed by atoms with Gasteiger partial charge < -0.3 is 19.1 Å². The summed E-state index contributed by atoms with van der Waals surface area (Å²) in [5, 5.41) is 2.20.